The summed E-state index contributed by atoms with van der Waals surface area (Å²) in [7, 11) is 0. The Morgan fingerprint density at radius 2 is 2.15 bits per heavy atom. The van der Waals surface area contributed by atoms with Crippen molar-refractivity contribution in [1.82, 2.24) is 25.5 Å². The minimum absolute atomic E-state index is 0.0461. The Balaban J connectivity index is 1.73. The zero-order chi connectivity index (χ0) is 18.1. The third kappa shape index (κ3) is 3.22. The van der Waals surface area contributed by atoms with Crippen molar-refractivity contribution < 1.29 is 13.2 Å². The van der Waals surface area contributed by atoms with Gasteiger partial charge in [-0.2, -0.15) is 18.3 Å². The van der Waals surface area contributed by atoms with Gasteiger partial charge in [0, 0.05) is 12.2 Å². The van der Waals surface area contributed by atoms with Crippen LogP contribution in [-0.4, -0.2) is 26.7 Å². The number of halogens is 3. The minimum Gasteiger partial charge on any atom is -0.362 e. The molecule has 1 aliphatic rings. The minimum atomic E-state index is -4.50. The molecule has 0 unspecified atom stereocenters. The van der Waals surface area contributed by atoms with Crippen molar-refractivity contribution >= 4 is 16.9 Å². The molecule has 0 aromatic carbocycles. The van der Waals surface area contributed by atoms with Gasteiger partial charge in [0.05, 0.1) is 28.9 Å². The highest BCUT2D eigenvalue weighted by Gasteiger charge is 2.36. The molecule has 0 bridgehead atoms. The van der Waals surface area contributed by atoms with Gasteiger partial charge in [0.1, 0.15) is 0 Å². The van der Waals surface area contributed by atoms with E-state index in [0.717, 1.165) is 25.5 Å². The molecule has 136 valence electrons. The van der Waals surface area contributed by atoms with Crippen LogP contribution in [0.15, 0.2) is 30.5 Å². The molecule has 0 amide bonds. The van der Waals surface area contributed by atoms with Gasteiger partial charge in [-0.3, -0.25) is 10.1 Å². The predicted octanol–water partition coefficient (Wildman–Crippen LogP) is 3.41. The van der Waals surface area contributed by atoms with Crippen molar-refractivity contribution in [3.8, 4) is 0 Å². The summed E-state index contributed by atoms with van der Waals surface area (Å²) in [5.41, 5.74) is 0.495. The van der Waals surface area contributed by atoms with Gasteiger partial charge in [0.15, 0.2) is 11.5 Å². The maximum Gasteiger partial charge on any atom is 0.417 e. The van der Waals surface area contributed by atoms with Crippen LogP contribution < -0.4 is 10.6 Å². The lowest BCUT2D eigenvalue weighted by Gasteiger charge is -2.14. The third-order valence-electron chi connectivity index (χ3n) is 4.44. The van der Waals surface area contributed by atoms with Crippen molar-refractivity contribution in [2.24, 2.45) is 0 Å². The zero-order valence-electron chi connectivity index (χ0n) is 13.8. The summed E-state index contributed by atoms with van der Waals surface area (Å²) in [5.74, 6) is 0.122. The molecular formula is C17H17F3N6. The largest absolute Gasteiger partial charge is 0.417 e. The second-order valence-electron chi connectivity index (χ2n) is 6.21. The number of rotatable bonds is 4. The Morgan fingerprint density at radius 3 is 2.85 bits per heavy atom. The molecule has 4 rings (SSSR count). The van der Waals surface area contributed by atoms with Crippen LogP contribution in [0.1, 0.15) is 35.8 Å². The van der Waals surface area contributed by atoms with E-state index in [2.05, 4.69) is 30.8 Å². The normalized spacial score (nSPS) is 17.7. The van der Waals surface area contributed by atoms with Crippen molar-refractivity contribution in [2.45, 2.75) is 31.6 Å². The fourth-order valence-electron chi connectivity index (χ4n) is 3.19. The van der Waals surface area contributed by atoms with Crippen molar-refractivity contribution in [1.29, 1.82) is 0 Å². The van der Waals surface area contributed by atoms with Gasteiger partial charge in [-0.1, -0.05) is 6.07 Å². The standard InChI is InChI=1S/C17H17F3N6/c18-17(19,20)11-8-13(12-5-3-7-22-12)24-16-14(11)15(25-26-16)23-9-10-4-1-2-6-21-10/h1-2,4,6,8,12,22H,3,5,7,9H2,(H2,23,24,25,26)/t12-/m1/s1. The van der Waals surface area contributed by atoms with Gasteiger partial charge in [-0.05, 0) is 37.6 Å². The van der Waals surface area contributed by atoms with Gasteiger partial charge < -0.3 is 10.6 Å². The number of hydrogen-bond acceptors (Lipinski definition) is 5. The van der Waals surface area contributed by atoms with Crippen LogP contribution in [-0.2, 0) is 12.7 Å². The molecule has 3 aromatic heterocycles. The molecule has 0 aliphatic carbocycles. The predicted molar refractivity (Wildman–Crippen MR) is 90.4 cm³/mol. The number of pyridine rings is 2. The van der Waals surface area contributed by atoms with Crippen LogP contribution >= 0.6 is 0 Å². The highest BCUT2D eigenvalue weighted by molar-refractivity contribution is 5.91. The Hall–Kier alpha value is -2.68. The number of aromatic amines is 1. The number of aromatic nitrogens is 4. The lowest BCUT2D eigenvalue weighted by atomic mass is 10.1. The van der Waals surface area contributed by atoms with Gasteiger partial charge in [-0.15, -0.1) is 0 Å². The van der Waals surface area contributed by atoms with Crippen LogP contribution in [0.4, 0.5) is 19.0 Å². The number of alkyl halides is 3. The summed E-state index contributed by atoms with van der Waals surface area (Å²) < 4.78 is 41.0. The van der Waals surface area contributed by atoms with E-state index in [0.29, 0.717) is 11.4 Å². The molecule has 6 nitrogen and oxygen atoms in total. The molecule has 0 radical (unpaired) electrons. The number of H-pyrrole nitrogens is 1. The summed E-state index contributed by atoms with van der Waals surface area (Å²) >= 11 is 0. The second kappa shape index (κ2) is 6.56. The summed E-state index contributed by atoms with van der Waals surface area (Å²) in [5, 5.41) is 12.7. The van der Waals surface area contributed by atoms with E-state index in [1.807, 2.05) is 6.07 Å². The van der Waals surface area contributed by atoms with E-state index in [1.165, 1.54) is 0 Å². The number of anilines is 1. The Morgan fingerprint density at radius 1 is 1.27 bits per heavy atom. The van der Waals surface area contributed by atoms with E-state index in [4.69, 9.17) is 0 Å². The number of nitrogens with one attached hydrogen (secondary N) is 3. The van der Waals surface area contributed by atoms with Crippen molar-refractivity contribution in [3.63, 3.8) is 0 Å². The van der Waals surface area contributed by atoms with E-state index in [9.17, 15) is 13.2 Å². The second-order valence-corrected chi connectivity index (χ2v) is 6.21. The summed E-state index contributed by atoms with van der Waals surface area (Å²) in [6.07, 6.45) is -1.18. The molecule has 0 saturated carbocycles. The first kappa shape index (κ1) is 16.8. The Labute approximate surface area is 147 Å². The third-order valence-corrected chi connectivity index (χ3v) is 4.44. The lowest BCUT2D eigenvalue weighted by molar-refractivity contribution is -0.136. The zero-order valence-corrected chi connectivity index (χ0v) is 13.8. The highest BCUT2D eigenvalue weighted by atomic mass is 19.4. The first-order valence-corrected chi connectivity index (χ1v) is 8.36. The summed E-state index contributed by atoms with van der Waals surface area (Å²) in [6.45, 7) is 1.05. The quantitative estimate of drug-likeness (QED) is 0.663. The van der Waals surface area contributed by atoms with E-state index in [-0.39, 0.29) is 29.4 Å². The van der Waals surface area contributed by atoms with Crippen LogP contribution in [0, 0.1) is 0 Å². The maximum atomic E-state index is 13.7. The maximum absolute atomic E-state index is 13.7. The molecule has 1 atom stereocenters. The molecule has 4 heterocycles. The van der Waals surface area contributed by atoms with Crippen LogP contribution in [0.25, 0.3) is 11.0 Å². The molecule has 26 heavy (non-hydrogen) atoms. The average Bonchev–Trinajstić information content (AvgIpc) is 3.29. The van der Waals surface area contributed by atoms with Gasteiger partial charge in [0.25, 0.3) is 0 Å². The van der Waals surface area contributed by atoms with Gasteiger partial charge in [0.2, 0.25) is 0 Å². The van der Waals surface area contributed by atoms with Gasteiger partial charge >= 0.3 is 6.18 Å². The monoisotopic (exact) mass is 362 g/mol. The molecule has 1 saturated heterocycles. The SMILES string of the molecule is FC(F)(F)c1cc([C@H]2CCCN2)nc2[nH]nc(NCc3ccccn3)c12. The smallest absolute Gasteiger partial charge is 0.362 e. The summed E-state index contributed by atoms with van der Waals surface area (Å²) in [4.78, 5) is 8.52. The topological polar surface area (TPSA) is 78.5 Å². The molecule has 9 heteroatoms. The average molecular weight is 362 g/mol. The van der Waals surface area contributed by atoms with E-state index in [1.54, 1.807) is 18.3 Å². The summed E-state index contributed by atoms with van der Waals surface area (Å²) in [6, 6.07) is 6.35. The van der Waals surface area contributed by atoms with E-state index < -0.39 is 11.7 Å². The number of fused-ring (bicyclic) bond motifs is 1. The fourth-order valence-corrected chi connectivity index (χ4v) is 3.19. The van der Waals surface area contributed by atoms with E-state index >= 15 is 0 Å². The highest BCUT2D eigenvalue weighted by Crippen LogP contribution is 2.38. The Bertz CT molecular complexity index is 900. The molecule has 1 aliphatic heterocycles. The molecule has 3 N–H and O–H groups in total. The number of nitrogens with zero attached hydrogens (tertiary/aromatic N) is 3. The first-order chi connectivity index (χ1) is 12.5. The van der Waals surface area contributed by atoms with Crippen LogP contribution in [0.5, 0.6) is 0 Å². The fraction of sp³-hybridized carbons (Fsp3) is 0.353. The van der Waals surface area contributed by atoms with Gasteiger partial charge in [-0.25, -0.2) is 4.98 Å². The first-order valence-electron chi connectivity index (χ1n) is 8.36. The molecule has 3 aromatic rings. The Kier molecular flexibility index (Phi) is 4.23. The molecule has 1 fully saturated rings. The van der Waals surface area contributed by atoms with Crippen molar-refractivity contribution in [3.05, 3.63) is 47.4 Å². The van der Waals surface area contributed by atoms with Crippen molar-refractivity contribution in [2.75, 3.05) is 11.9 Å². The van der Waals surface area contributed by atoms with Crippen LogP contribution in [0.2, 0.25) is 0 Å². The number of hydrogen-bond donors (Lipinski definition) is 3. The van der Waals surface area contributed by atoms with Crippen LogP contribution in [0.3, 0.4) is 0 Å². The molecule has 0 spiro atoms. The lowest BCUT2D eigenvalue weighted by Crippen LogP contribution is -2.16. The molecular weight excluding hydrogens is 345 g/mol.